The molecule has 0 bridgehead atoms. The number of ether oxygens (including phenoxy) is 1. The van der Waals surface area contributed by atoms with Crippen molar-refractivity contribution in [3.63, 3.8) is 0 Å². The highest BCUT2D eigenvalue weighted by atomic mass is 79.9. The molecule has 0 saturated carbocycles. The smallest absolute Gasteiger partial charge is 0.350 e. The third-order valence-electron chi connectivity index (χ3n) is 3.18. The molecule has 1 N–H and O–H groups in total. The number of hydrogen-bond acceptors (Lipinski definition) is 6. The summed E-state index contributed by atoms with van der Waals surface area (Å²) in [4.78, 5) is 22.1. The Bertz CT molecular complexity index is 721. The molecule has 0 unspecified atom stereocenters. The van der Waals surface area contributed by atoms with Crippen LogP contribution in [0, 0.1) is 17.0 Å². The van der Waals surface area contributed by atoms with E-state index in [2.05, 4.69) is 31.4 Å². The van der Waals surface area contributed by atoms with Gasteiger partial charge in [-0.3, -0.25) is 24.3 Å². The second-order valence-electron chi connectivity index (χ2n) is 5.01. The Labute approximate surface area is 146 Å². The van der Waals surface area contributed by atoms with E-state index in [-0.39, 0.29) is 24.0 Å². The molecule has 0 aliphatic rings. The first-order valence-electron chi connectivity index (χ1n) is 7.12. The summed E-state index contributed by atoms with van der Waals surface area (Å²) in [5.41, 5.74) is 0.637. The van der Waals surface area contributed by atoms with Crippen LogP contribution in [0.15, 0.2) is 16.9 Å². The molecular formula is C13H17BrN6O4. The number of rotatable bonds is 8. The number of amides is 1. The summed E-state index contributed by atoms with van der Waals surface area (Å²) in [5, 5.41) is 21.7. The molecule has 0 aliphatic carbocycles. The second kappa shape index (κ2) is 7.90. The van der Waals surface area contributed by atoms with E-state index in [1.165, 1.54) is 18.0 Å². The fourth-order valence-electron chi connectivity index (χ4n) is 2.02. The maximum absolute atomic E-state index is 11.8. The molecule has 24 heavy (non-hydrogen) atoms. The van der Waals surface area contributed by atoms with E-state index < -0.39 is 4.92 Å². The SMILES string of the molecule is COc1nn(CC(=O)NCCCn2cc(Br)c(C)n2)cc1[N+](=O)[O-]. The third-order valence-corrected chi connectivity index (χ3v) is 3.96. The van der Waals surface area contributed by atoms with Gasteiger partial charge in [-0.05, 0) is 29.3 Å². The van der Waals surface area contributed by atoms with Crippen molar-refractivity contribution in [2.45, 2.75) is 26.4 Å². The van der Waals surface area contributed by atoms with Gasteiger partial charge in [-0.2, -0.15) is 5.10 Å². The van der Waals surface area contributed by atoms with E-state index in [1.54, 1.807) is 4.68 Å². The van der Waals surface area contributed by atoms with Gasteiger partial charge >= 0.3 is 11.6 Å². The number of carbonyl (C=O) groups excluding carboxylic acids is 1. The molecule has 0 atom stereocenters. The fraction of sp³-hybridized carbons (Fsp3) is 0.462. The Morgan fingerprint density at radius 3 is 2.71 bits per heavy atom. The number of nitro groups is 1. The highest BCUT2D eigenvalue weighted by molar-refractivity contribution is 9.10. The molecule has 0 spiro atoms. The average molecular weight is 401 g/mol. The molecule has 2 rings (SSSR count). The van der Waals surface area contributed by atoms with Crippen LogP contribution in [0.3, 0.4) is 0 Å². The van der Waals surface area contributed by atoms with E-state index in [0.717, 1.165) is 10.2 Å². The summed E-state index contributed by atoms with van der Waals surface area (Å²) in [7, 11) is 1.29. The van der Waals surface area contributed by atoms with E-state index in [4.69, 9.17) is 4.74 Å². The number of aromatic nitrogens is 4. The van der Waals surface area contributed by atoms with Crippen molar-refractivity contribution < 1.29 is 14.5 Å². The lowest BCUT2D eigenvalue weighted by molar-refractivity contribution is -0.385. The summed E-state index contributed by atoms with van der Waals surface area (Å²) in [6, 6.07) is 0. The van der Waals surface area contributed by atoms with Gasteiger partial charge in [0.15, 0.2) is 0 Å². The van der Waals surface area contributed by atoms with Gasteiger partial charge in [-0.25, -0.2) is 0 Å². The van der Waals surface area contributed by atoms with Gasteiger partial charge in [0, 0.05) is 19.3 Å². The van der Waals surface area contributed by atoms with Crippen molar-refractivity contribution in [3.8, 4) is 5.88 Å². The van der Waals surface area contributed by atoms with Crippen LogP contribution in [-0.4, -0.2) is 44.0 Å². The molecule has 1 amide bonds. The zero-order valence-corrected chi connectivity index (χ0v) is 14.8. The molecule has 0 aromatic carbocycles. The van der Waals surface area contributed by atoms with Crippen molar-refractivity contribution in [1.82, 2.24) is 24.9 Å². The second-order valence-corrected chi connectivity index (χ2v) is 5.86. The molecular weight excluding hydrogens is 384 g/mol. The Kier molecular flexibility index (Phi) is 5.90. The van der Waals surface area contributed by atoms with E-state index in [0.29, 0.717) is 19.5 Å². The highest BCUT2D eigenvalue weighted by Crippen LogP contribution is 2.23. The number of aryl methyl sites for hydroxylation is 2. The quantitative estimate of drug-likeness (QED) is 0.405. The molecule has 130 valence electrons. The van der Waals surface area contributed by atoms with Gasteiger partial charge in [-0.15, -0.1) is 5.10 Å². The van der Waals surface area contributed by atoms with Crippen LogP contribution in [0.4, 0.5) is 5.69 Å². The van der Waals surface area contributed by atoms with Gasteiger partial charge in [-0.1, -0.05) is 0 Å². The molecule has 0 radical (unpaired) electrons. The minimum Gasteiger partial charge on any atom is -0.475 e. The Morgan fingerprint density at radius 1 is 1.42 bits per heavy atom. The van der Waals surface area contributed by atoms with Crippen LogP contribution in [0.5, 0.6) is 5.88 Å². The fourth-order valence-corrected chi connectivity index (χ4v) is 2.34. The van der Waals surface area contributed by atoms with E-state index >= 15 is 0 Å². The van der Waals surface area contributed by atoms with Crippen LogP contribution in [-0.2, 0) is 17.9 Å². The van der Waals surface area contributed by atoms with E-state index in [1.807, 2.05) is 13.1 Å². The maximum Gasteiger partial charge on any atom is 0.350 e. The zero-order chi connectivity index (χ0) is 17.7. The summed E-state index contributed by atoms with van der Waals surface area (Å²) >= 11 is 3.39. The molecule has 0 fully saturated rings. The lowest BCUT2D eigenvalue weighted by Gasteiger charge is -2.05. The predicted octanol–water partition coefficient (Wildman–Crippen LogP) is 1.27. The molecule has 0 aliphatic heterocycles. The Hall–Kier alpha value is -2.43. The topological polar surface area (TPSA) is 117 Å². The number of methoxy groups -OCH3 is 1. The Morgan fingerprint density at radius 2 is 2.17 bits per heavy atom. The monoisotopic (exact) mass is 400 g/mol. The van der Waals surface area contributed by atoms with Crippen LogP contribution in [0.2, 0.25) is 0 Å². The van der Waals surface area contributed by atoms with Crippen LogP contribution >= 0.6 is 15.9 Å². The summed E-state index contributed by atoms with van der Waals surface area (Å²) in [6.07, 6.45) is 3.76. The van der Waals surface area contributed by atoms with Crippen molar-refractivity contribution in [3.05, 3.63) is 32.7 Å². The van der Waals surface area contributed by atoms with Crippen LogP contribution in [0.25, 0.3) is 0 Å². The lowest BCUT2D eigenvalue weighted by atomic mass is 10.4. The first-order chi connectivity index (χ1) is 11.4. The average Bonchev–Trinajstić information content (AvgIpc) is 3.07. The van der Waals surface area contributed by atoms with Gasteiger partial charge in [0.25, 0.3) is 0 Å². The van der Waals surface area contributed by atoms with Crippen molar-refractivity contribution >= 4 is 27.5 Å². The van der Waals surface area contributed by atoms with Crippen molar-refractivity contribution in [2.75, 3.05) is 13.7 Å². The number of nitrogens with one attached hydrogen (secondary N) is 1. The number of nitrogens with zero attached hydrogens (tertiary/aromatic N) is 5. The normalized spacial score (nSPS) is 10.6. The molecule has 2 aromatic rings. The molecule has 10 nitrogen and oxygen atoms in total. The zero-order valence-electron chi connectivity index (χ0n) is 13.2. The number of hydrogen-bond donors (Lipinski definition) is 1. The first kappa shape index (κ1) is 17.9. The molecule has 0 saturated heterocycles. The molecule has 2 heterocycles. The number of carbonyl (C=O) groups is 1. The van der Waals surface area contributed by atoms with Gasteiger partial charge in [0.05, 0.1) is 22.2 Å². The number of halogens is 1. The van der Waals surface area contributed by atoms with Crippen LogP contribution < -0.4 is 10.1 Å². The van der Waals surface area contributed by atoms with Crippen LogP contribution in [0.1, 0.15) is 12.1 Å². The summed E-state index contributed by atoms with van der Waals surface area (Å²) in [5.74, 6) is -0.402. The largest absolute Gasteiger partial charge is 0.475 e. The molecule has 11 heteroatoms. The van der Waals surface area contributed by atoms with Crippen molar-refractivity contribution in [1.29, 1.82) is 0 Å². The molecule has 2 aromatic heterocycles. The Balaban J connectivity index is 1.78. The van der Waals surface area contributed by atoms with Gasteiger partial charge in [0.2, 0.25) is 5.91 Å². The predicted molar refractivity (Wildman–Crippen MR) is 87.7 cm³/mol. The maximum atomic E-state index is 11.8. The highest BCUT2D eigenvalue weighted by Gasteiger charge is 2.20. The standard InChI is InChI=1S/C13H17BrN6O4/c1-9-10(14)6-18(16-9)5-3-4-15-12(21)8-19-7-11(20(22)23)13(17-19)24-2/h6-7H,3-5,8H2,1-2H3,(H,15,21). The minimum atomic E-state index is -0.607. The summed E-state index contributed by atoms with van der Waals surface area (Å²) < 4.78 is 8.73. The van der Waals surface area contributed by atoms with Gasteiger partial charge in [0.1, 0.15) is 12.7 Å². The van der Waals surface area contributed by atoms with E-state index in [9.17, 15) is 14.9 Å². The lowest BCUT2D eigenvalue weighted by Crippen LogP contribution is -2.29. The first-order valence-corrected chi connectivity index (χ1v) is 7.92. The summed E-state index contributed by atoms with van der Waals surface area (Å²) in [6.45, 7) is 2.93. The van der Waals surface area contributed by atoms with Gasteiger partial charge < -0.3 is 10.1 Å². The third kappa shape index (κ3) is 4.54. The van der Waals surface area contributed by atoms with Crippen molar-refractivity contribution in [2.24, 2.45) is 0 Å². The minimum absolute atomic E-state index is 0.114.